The predicted molar refractivity (Wildman–Crippen MR) is 52.9 cm³/mol. The van der Waals surface area contributed by atoms with Crippen LogP contribution in [0, 0.1) is 5.82 Å². The Morgan fingerprint density at radius 3 is 2.93 bits per heavy atom. The first kappa shape index (κ1) is 10.1. The molecular formula is C9H9ClFN4+. The van der Waals surface area contributed by atoms with Crippen LogP contribution < -0.4 is 5.73 Å². The minimum atomic E-state index is -0.473. The summed E-state index contributed by atoms with van der Waals surface area (Å²) in [5, 5.41) is 4.08. The maximum absolute atomic E-state index is 13.2. The fraction of sp³-hybridized carbons (Fsp3) is 0.111. The highest BCUT2D eigenvalue weighted by Crippen LogP contribution is 2.18. The molecule has 0 aliphatic carbocycles. The normalized spacial score (nSPS) is 10.6. The average Bonchev–Trinajstić information content (AvgIpc) is 2.70. The molecule has 1 aromatic carbocycles. The molecule has 0 bridgehead atoms. The van der Waals surface area contributed by atoms with E-state index in [0.29, 0.717) is 18.1 Å². The number of halogens is 2. The Hall–Kier alpha value is -1.46. The van der Waals surface area contributed by atoms with Gasteiger partial charge in [-0.25, -0.2) is 14.1 Å². The van der Waals surface area contributed by atoms with E-state index in [1.807, 2.05) is 0 Å². The molecule has 4 nitrogen and oxygen atoms in total. The van der Waals surface area contributed by atoms with Crippen LogP contribution in [-0.2, 0) is 6.54 Å². The maximum Gasteiger partial charge on any atom is 0.186 e. The molecule has 0 saturated heterocycles. The zero-order valence-electron chi connectivity index (χ0n) is 7.82. The molecule has 0 spiro atoms. The number of aromatic nitrogens is 3. The van der Waals surface area contributed by atoms with E-state index in [4.69, 9.17) is 11.6 Å². The minimum absolute atomic E-state index is 0.0926. The van der Waals surface area contributed by atoms with Gasteiger partial charge in [0.2, 0.25) is 0 Å². The summed E-state index contributed by atoms with van der Waals surface area (Å²) in [5.41, 5.74) is 4.30. The van der Waals surface area contributed by atoms with Crippen molar-refractivity contribution in [1.29, 1.82) is 0 Å². The molecule has 15 heavy (non-hydrogen) atoms. The molecule has 78 valence electrons. The van der Waals surface area contributed by atoms with Crippen LogP contribution >= 0.6 is 11.6 Å². The zero-order chi connectivity index (χ0) is 10.8. The lowest BCUT2D eigenvalue weighted by atomic mass is 10.3. The van der Waals surface area contributed by atoms with E-state index in [1.165, 1.54) is 23.1 Å². The number of benzene rings is 1. The van der Waals surface area contributed by atoms with E-state index in [0.717, 1.165) is 0 Å². The van der Waals surface area contributed by atoms with Crippen molar-refractivity contribution >= 4 is 11.6 Å². The van der Waals surface area contributed by atoms with Crippen molar-refractivity contribution in [2.24, 2.45) is 0 Å². The summed E-state index contributed by atoms with van der Waals surface area (Å²) in [5.74, 6) is 0.205. The van der Waals surface area contributed by atoms with Gasteiger partial charge in [0.15, 0.2) is 5.82 Å². The third kappa shape index (κ3) is 1.84. The van der Waals surface area contributed by atoms with Crippen LogP contribution in [-0.4, -0.2) is 14.8 Å². The van der Waals surface area contributed by atoms with Gasteiger partial charge in [0.1, 0.15) is 18.7 Å². The number of quaternary nitrogens is 1. The van der Waals surface area contributed by atoms with Crippen molar-refractivity contribution in [2.75, 3.05) is 0 Å². The van der Waals surface area contributed by atoms with Crippen LogP contribution in [0.1, 0.15) is 5.82 Å². The second-order valence-electron chi connectivity index (χ2n) is 2.94. The van der Waals surface area contributed by atoms with Crippen molar-refractivity contribution in [3.63, 3.8) is 0 Å². The Balaban J connectivity index is 2.50. The van der Waals surface area contributed by atoms with E-state index < -0.39 is 5.82 Å². The predicted octanol–water partition coefficient (Wildman–Crippen LogP) is 0.802. The van der Waals surface area contributed by atoms with Gasteiger partial charge < -0.3 is 5.73 Å². The number of rotatable bonds is 2. The maximum atomic E-state index is 13.2. The van der Waals surface area contributed by atoms with Gasteiger partial charge in [-0.3, -0.25) is 0 Å². The molecule has 0 unspecified atom stereocenters. The van der Waals surface area contributed by atoms with E-state index >= 15 is 0 Å². The monoisotopic (exact) mass is 227 g/mol. The van der Waals surface area contributed by atoms with Crippen LogP contribution in [0.4, 0.5) is 4.39 Å². The Kier molecular flexibility index (Phi) is 2.66. The molecule has 0 amide bonds. The lowest BCUT2D eigenvalue weighted by Crippen LogP contribution is -2.48. The first-order chi connectivity index (χ1) is 7.22. The fourth-order valence-corrected chi connectivity index (χ4v) is 1.39. The molecule has 2 rings (SSSR count). The van der Waals surface area contributed by atoms with E-state index in [9.17, 15) is 4.39 Å². The molecule has 0 aliphatic heterocycles. The number of hydrogen-bond donors (Lipinski definition) is 1. The van der Waals surface area contributed by atoms with Crippen LogP contribution in [0.5, 0.6) is 0 Å². The molecule has 0 fully saturated rings. The summed E-state index contributed by atoms with van der Waals surface area (Å²) in [6.45, 7) is 0.490. The molecule has 0 atom stereocenters. The van der Waals surface area contributed by atoms with Crippen molar-refractivity contribution in [3.05, 3.63) is 41.2 Å². The molecule has 6 heteroatoms. The quantitative estimate of drug-likeness (QED) is 0.825. The SMILES string of the molecule is [NH3+]Cc1ncnn1-c1ccc(Cl)c(F)c1. The third-order valence-electron chi connectivity index (χ3n) is 1.99. The van der Waals surface area contributed by atoms with Crippen molar-refractivity contribution < 1.29 is 10.1 Å². The van der Waals surface area contributed by atoms with Gasteiger partial charge in [-0.1, -0.05) is 11.6 Å². The Labute approximate surface area is 90.5 Å². The Morgan fingerprint density at radius 1 is 1.47 bits per heavy atom. The lowest BCUT2D eigenvalue weighted by molar-refractivity contribution is -0.388. The minimum Gasteiger partial charge on any atom is -0.351 e. The zero-order valence-corrected chi connectivity index (χ0v) is 8.58. The van der Waals surface area contributed by atoms with Gasteiger partial charge in [0.05, 0.1) is 10.7 Å². The highest BCUT2D eigenvalue weighted by atomic mass is 35.5. The largest absolute Gasteiger partial charge is 0.351 e. The van der Waals surface area contributed by atoms with Gasteiger partial charge >= 0.3 is 0 Å². The van der Waals surface area contributed by atoms with E-state index in [2.05, 4.69) is 15.8 Å². The molecule has 0 saturated carbocycles. The molecule has 1 aromatic heterocycles. The Bertz CT molecular complexity index is 483. The van der Waals surface area contributed by atoms with Crippen LogP contribution in [0.2, 0.25) is 5.02 Å². The highest BCUT2D eigenvalue weighted by molar-refractivity contribution is 6.30. The van der Waals surface area contributed by atoms with Gasteiger partial charge in [-0.05, 0) is 12.1 Å². The van der Waals surface area contributed by atoms with Gasteiger partial charge in [-0.15, -0.1) is 0 Å². The first-order valence-corrected chi connectivity index (χ1v) is 4.73. The fourth-order valence-electron chi connectivity index (χ4n) is 1.27. The molecule has 1 heterocycles. The van der Waals surface area contributed by atoms with Gasteiger partial charge in [-0.2, -0.15) is 5.10 Å². The molecule has 3 N–H and O–H groups in total. The van der Waals surface area contributed by atoms with Crippen LogP contribution in [0.15, 0.2) is 24.5 Å². The molecular weight excluding hydrogens is 219 g/mol. The summed E-state index contributed by atoms with van der Waals surface area (Å²) >= 11 is 5.58. The average molecular weight is 228 g/mol. The van der Waals surface area contributed by atoms with Crippen molar-refractivity contribution in [2.45, 2.75) is 6.54 Å². The second kappa shape index (κ2) is 3.96. The number of hydrogen-bond acceptors (Lipinski definition) is 2. The molecule has 0 radical (unpaired) electrons. The van der Waals surface area contributed by atoms with Crippen LogP contribution in [0.3, 0.4) is 0 Å². The smallest absolute Gasteiger partial charge is 0.186 e. The first-order valence-electron chi connectivity index (χ1n) is 4.36. The summed E-state index contributed by atoms with van der Waals surface area (Å²) in [6, 6.07) is 4.48. The lowest BCUT2D eigenvalue weighted by Gasteiger charge is -2.03. The summed E-state index contributed by atoms with van der Waals surface area (Å²) in [7, 11) is 0. The standard InChI is InChI=1S/C9H8ClFN4/c10-7-2-1-6(3-8(7)11)15-9(4-12)13-5-14-15/h1-3,5H,4,12H2/p+1. The van der Waals surface area contributed by atoms with E-state index in [-0.39, 0.29) is 5.02 Å². The van der Waals surface area contributed by atoms with Crippen molar-refractivity contribution in [1.82, 2.24) is 14.8 Å². The number of nitrogens with zero attached hydrogens (tertiary/aromatic N) is 3. The van der Waals surface area contributed by atoms with Gasteiger partial charge in [0.25, 0.3) is 0 Å². The molecule has 2 aromatic rings. The van der Waals surface area contributed by atoms with Crippen LogP contribution in [0.25, 0.3) is 5.69 Å². The Morgan fingerprint density at radius 2 is 2.27 bits per heavy atom. The topological polar surface area (TPSA) is 58.4 Å². The summed E-state index contributed by atoms with van der Waals surface area (Å²) in [4.78, 5) is 4.00. The summed E-state index contributed by atoms with van der Waals surface area (Å²) < 4.78 is 14.7. The molecule has 0 aliphatic rings. The summed E-state index contributed by atoms with van der Waals surface area (Å²) in [6.07, 6.45) is 1.41. The third-order valence-corrected chi connectivity index (χ3v) is 2.30. The second-order valence-corrected chi connectivity index (χ2v) is 3.34. The highest BCUT2D eigenvalue weighted by Gasteiger charge is 2.08. The van der Waals surface area contributed by atoms with Gasteiger partial charge in [0, 0.05) is 6.07 Å². The van der Waals surface area contributed by atoms with Crippen molar-refractivity contribution in [3.8, 4) is 5.69 Å². The van der Waals surface area contributed by atoms with E-state index in [1.54, 1.807) is 6.07 Å².